The van der Waals surface area contributed by atoms with E-state index in [1.54, 1.807) is 6.56 Å². The van der Waals surface area contributed by atoms with Crippen LogP contribution >= 0.6 is 0 Å². The second-order valence-electron chi connectivity index (χ2n) is 11.9. The van der Waals surface area contributed by atoms with Crippen LogP contribution < -0.4 is 0 Å². The predicted octanol–water partition coefficient (Wildman–Crippen LogP) is 10.8. The molecule has 4 aromatic rings. The summed E-state index contributed by atoms with van der Waals surface area (Å²) in [4.78, 5) is 0. The molecule has 4 aliphatic rings. The van der Waals surface area contributed by atoms with Gasteiger partial charge in [0.05, 0.1) is 0 Å². The zero-order valence-electron chi connectivity index (χ0n) is 24.7. The van der Waals surface area contributed by atoms with Crippen molar-refractivity contribution in [3.8, 4) is 22.6 Å². The van der Waals surface area contributed by atoms with Gasteiger partial charge >= 0.3 is 267 Å². The Morgan fingerprint density at radius 1 is 0.581 bits per heavy atom. The number of hydrogen-bond acceptors (Lipinski definition) is 2. The number of fused-ring (bicyclic) bond motifs is 6. The van der Waals surface area contributed by atoms with Gasteiger partial charge < -0.3 is 0 Å². The Morgan fingerprint density at radius 3 is 1.53 bits per heavy atom. The summed E-state index contributed by atoms with van der Waals surface area (Å²) in [6.07, 6.45) is 22.5. The molecule has 43 heavy (non-hydrogen) atoms. The summed E-state index contributed by atoms with van der Waals surface area (Å²) in [5.41, 5.74) is 11.1. The Hall–Kier alpha value is -3.68. The van der Waals surface area contributed by atoms with Crippen molar-refractivity contribution in [2.75, 3.05) is 0 Å². The summed E-state index contributed by atoms with van der Waals surface area (Å²) in [5, 5.41) is 0. The summed E-state index contributed by atoms with van der Waals surface area (Å²) in [6.45, 7) is 4.40. The van der Waals surface area contributed by atoms with Crippen LogP contribution in [-0.4, -0.2) is 0 Å². The zero-order valence-corrected chi connectivity index (χ0v) is 27.1. The maximum absolute atomic E-state index is 6.28. The summed E-state index contributed by atoms with van der Waals surface area (Å²) in [5.74, 6) is 4.77. The van der Waals surface area contributed by atoms with Crippen LogP contribution in [-0.2, 0) is 36.1 Å². The van der Waals surface area contributed by atoms with Crippen molar-refractivity contribution in [1.29, 1.82) is 0 Å². The Balaban J connectivity index is 1.23. The number of hydrogen-bond donors (Lipinski definition) is 0. The molecule has 0 radical (unpaired) electrons. The van der Waals surface area contributed by atoms with Gasteiger partial charge in [-0.1, -0.05) is 0 Å². The molecule has 0 saturated heterocycles. The van der Waals surface area contributed by atoms with Gasteiger partial charge in [0, 0.05) is 0 Å². The summed E-state index contributed by atoms with van der Waals surface area (Å²) in [7, 11) is 0. The van der Waals surface area contributed by atoms with Crippen molar-refractivity contribution in [2.24, 2.45) is 0 Å². The second-order valence-corrected chi connectivity index (χ2v) is 14.9. The molecule has 0 spiro atoms. The van der Waals surface area contributed by atoms with Gasteiger partial charge in [-0.25, -0.2) is 0 Å². The minimum atomic E-state index is -1.24. The Kier molecular flexibility index (Phi) is 6.95. The minimum absolute atomic E-state index is 0.340. The first-order valence-electron chi connectivity index (χ1n) is 15.6. The fourth-order valence-corrected chi connectivity index (χ4v) is 11.3. The van der Waals surface area contributed by atoms with Gasteiger partial charge in [-0.05, 0) is 0 Å². The molecule has 0 bridgehead atoms. The maximum atomic E-state index is 6.28. The molecule has 210 valence electrons. The van der Waals surface area contributed by atoms with Gasteiger partial charge in [0.25, 0.3) is 0 Å². The molecule has 2 aromatic carbocycles. The summed E-state index contributed by atoms with van der Waals surface area (Å²) in [6, 6.07) is 22.6. The average Bonchev–Trinajstić information content (AvgIpc) is 3.83. The molecule has 0 fully saturated rings. The van der Waals surface area contributed by atoms with E-state index >= 15 is 0 Å². The number of aryl methyl sites for hydroxylation is 2. The molecular weight excluding hydrogens is 604 g/mol. The van der Waals surface area contributed by atoms with Gasteiger partial charge in [0.15, 0.2) is 0 Å². The van der Waals surface area contributed by atoms with E-state index in [0.717, 1.165) is 48.7 Å². The quantitative estimate of drug-likeness (QED) is 0.192. The molecule has 0 N–H and O–H groups in total. The molecular formula is C40H34O2Zr. The van der Waals surface area contributed by atoms with Crippen LogP contribution in [0.5, 0.6) is 0 Å². The second kappa shape index (κ2) is 11.1. The third-order valence-electron chi connectivity index (χ3n) is 9.08. The first-order valence-corrected chi connectivity index (χ1v) is 18.1. The molecule has 2 heterocycles. The van der Waals surface area contributed by atoms with E-state index in [-0.39, 0.29) is 0 Å². The van der Waals surface area contributed by atoms with E-state index < -0.39 is 23.2 Å². The topological polar surface area (TPSA) is 26.3 Å². The van der Waals surface area contributed by atoms with Crippen LogP contribution in [0.3, 0.4) is 0 Å². The van der Waals surface area contributed by atoms with Crippen molar-refractivity contribution >= 4 is 6.56 Å². The molecule has 4 aliphatic carbocycles. The van der Waals surface area contributed by atoms with Crippen molar-refractivity contribution < 1.29 is 32.1 Å². The van der Waals surface area contributed by atoms with Gasteiger partial charge in [-0.2, -0.15) is 0 Å². The predicted molar refractivity (Wildman–Crippen MR) is 172 cm³/mol. The normalized spacial score (nSPS) is 19.2. The van der Waals surface area contributed by atoms with Crippen molar-refractivity contribution in [3.63, 3.8) is 0 Å². The summed E-state index contributed by atoms with van der Waals surface area (Å²) >= 11 is -1.24. The van der Waals surface area contributed by atoms with E-state index in [4.69, 9.17) is 8.83 Å². The van der Waals surface area contributed by atoms with Gasteiger partial charge in [-0.3, -0.25) is 0 Å². The fourth-order valence-electron chi connectivity index (χ4n) is 7.04. The molecule has 0 saturated carbocycles. The SMILES string of the molecule is CCCc1ccc(-c2ccc3c(c2)[C]([Zr][C]2=C4C=CC=CC4c4ccc(-c5ccc(CCC)o5)cc42)=C2C=CC=CC23)o1. The van der Waals surface area contributed by atoms with E-state index in [9.17, 15) is 0 Å². The molecule has 2 unspecified atom stereocenters. The van der Waals surface area contributed by atoms with Crippen molar-refractivity contribution in [2.45, 2.75) is 51.4 Å². The van der Waals surface area contributed by atoms with E-state index in [0.29, 0.717) is 11.8 Å². The van der Waals surface area contributed by atoms with Crippen LogP contribution in [0.2, 0.25) is 0 Å². The number of rotatable bonds is 8. The van der Waals surface area contributed by atoms with Crippen molar-refractivity contribution in [3.05, 3.63) is 154 Å². The van der Waals surface area contributed by atoms with E-state index in [2.05, 4.69) is 123 Å². The number of furan rings is 2. The Labute approximate surface area is 265 Å². The van der Waals surface area contributed by atoms with E-state index in [1.807, 2.05) is 0 Å². The van der Waals surface area contributed by atoms with Gasteiger partial charge in [0.1, 0.15) is 0 Å². The Morgan fingerprint density at radius 2 is 1.07 bits per heavy atom. The van der Waals surface area contributed by atoms with Crippen LogP contribution in [0.4, 0.5) is 0 Å². The first-order chi connectivity index (χ1) is 21.2. The summed E-state index contributed by atoms with van der Waals surface area (Å²) < 4.78 is 15.8. The van der Waals surface area contributed by atoms with Gasteiger partial charge in [0.2, 0.25) is 0 Å². The van der Waals surface area contributed by atoms with Gasteiger partial charge in [-0.15, -0.1) is 0 Å². The monoisotopic (exact) mass is 636 g/mol. The van der Waals surface area contributed by atoms with Crippen molar-refractivity contribution in [1.82, 2.24) is 0 Å². The first kappa shape index (κ1) is 26.9. The standard InChI is InChI=1S/2C20H17O.Zr/c2*1-2-5-17-9-11-20(21-17)15-8-10-19-16(13-15)12-14-6-3-4-7-18(14)19;/h2*3-4,6-11,13,18H,2,5H2,1H3;. The third kappa shape index (κ3) is 4.65. The fraction of sp³-hybridized carbons (Fsp3) is 0.200. The molecule has 2 nitrogen and oxygen atoms in total. The zero-order chi connectivity index (χ0) is 28.9. The van der Waals surface area contributed by atoms with E-state index in [1.165, 1.54) is 44.5 Å². The molecule has 0 amide bonds. The third-order valence-corrected chi connectivity index (χ3v) is 13.1. The average molecular weight is 638 g/mol. The molecule has 8 rings (SSSR count). The number of benzene rings is 2. The Bertz CT molecular complexity index is 1790. The van der Waals surface area contributed by atoms with Crippen LogP contribution in [0.15, 0.2) is 129 Å². The molecule has 2 aromatic heterocycles. The molecule has 2 atom stereocenters. The number of allylic oxidation sites excluding steroid dienone is 10. The van der Waals surface area contributed by atoms with Crippen LogP contribution in [0, 0.1) is 0 Å². The van der Waals surface area contributed by atoms with Crippen LogP contribution in [0.1, 0.15) is 72.3 Å². The molecule has 0 aliphatic heterocycles. The molecule has 3 heteroatoms. The van der Waals surface area contributed by atoms with Crippen LogP contribution in [0.25, 0.3) is 29.2 Å².